The van der Waals surface area contributed by atoms with Crippen LogP contribution in [0.5, 0.6) is 0 Å². The fourth-order valence-electron chi connectivity index (χ4n) is 3.12. The number of rotatable bonds is 6. The lowest BCUT2D eigenvalue weighted by Crippen LogP contribution is -2.33. The zero-order valence-corrected chi connectivity index (χ0v) is 16.0. The van der Waals surface area contributed by atoms with Crippen LogP contribution in [0, 0.1) is 5.82 Å². The molecule has 0 bridgehead atoms. The molecule has 1 saturated heterocycles. The molecular formula is C21H25FN4O2. The third-order valence-electron chi connectivity index (χ3n) is 4.88. The van der Waals surface area contributed by atoms with E-state index in [1.165, 1.54) is 28.7 Å². The van der Waals surface area contributed by atoms with Gasteiger partial charge in [-0.25, -0.2) is 9.18 Å². The molecule has 148 valence electrons. The fourth-order valence-corrected chi connectivity index (χ4v) is 3.12. The summed E-state index contributed by atoms with van der Waals surface area (Å²) in [6.45, 7) is 5.39. The number of amides is 3. The highest BCUT2D eigenvalue weighted by Crippen LogP contribution is 2.21. The fraction of sp³-hybridized carbons (Fsp3) is 0.333. The van der Waals surface area contributed by atoms with E-state index in [1.807, 2.05) is 24.3 Å². The first-order valence-electron chi connectivity index (χ1n) is 9.35. The van der Waals surface area contributed by atoms with Gasteiger partial charge in [-0.2, -0.15) is 0 Å². The number of anilines is 1. The molecule has 1 aliphatic heterocycles. The van der Waals surface area contributed by atoms with Crippen LogP contribution in [-0.2, 0) is 0 Å². The van der Waals surface area contributed by atoms with Gasteiger partial charge < -0.3 is 16.4 Å². The Kier molecular flexibility index (Phi) is 5.94. The molecule has 0 aromatic heterocycles. The Hall–Kier alpha value is -2.93. The topological polar surface area (TPSA) is 87.5 Å². The quantitative estimate of drug-likeness (QED) is 0.716. The zero-order valence-electron chi connectivity index (χ0n) is 16.0. The molecule has 3 amide bonds. The Morgan fingerprint density at radius 2 is 1.89 bits per heavy atom. The van der Waals surface area contributed by atoms with E-state index in [1.54, 1.807) is 0 Å². The summed E-state index contributed by atoms with van der Waals surface area (Å²) in [5.74, 6) is -0.776. The molecule has 2 aromatic rings. The molecule has 1 aliphatic rings. The first kappa shape index (κ1) is 19.8. The molecule has 7 heteroatoms. The van der Waals surface area contributed by atoms with E-state index in [2.05, 4.69) is 24.5 Å². The smallest absolute Gasteiger partial charge is 0.321 e. The van der Waals surface area contributed by atoms with Gasteiger partial charge in [0.1, 0.15) is 5.82 Å². The standard InChI is InChI=1S/C21H25FN4O2/c1-13(2)14-3-5-15(6-4-14)19(23)12-25-20(27)17-11-16(7-8-18(17)22)26-10-9-24-21(26)28/h3-8,11,13,19H,9-10,12,23H2,1-2H3,(H,24,28)(H,25,27)/t19-/m1/s1. The number of urea groups is 1. The van der Waals surface area contributed by atoms with Crippen LogP contribution in [0.15, 0.2) is 42.5 Å². The predicted molar refractivity (Wildman–Crippen MR) is 107 cm³/mol. The van der Waals surface area contributed by atoms with Crippen LogP contribution in [0.1, 0.15) is 47.3 Å². The minimum absolute atomic E-state index is 0.112. The Bertz CT molecular complexity index is 867. The summed E-state index contributed by atoms with van der Waals surface area (Å²) in [4.78, 5) is 25.7. The van der Waals surface area contributed by atoms with Gasteiger partial charge in [0.25, 0.3) is 5.91 Å². The van der Waals surface area contributed by atoms with Crippen LogP contribution in [0.4, 0.5) is 14.9 Å². The number of nitrogens with one attached hydrogen (secondary N) is 2. The molecule has 1 fully saturated rings. The lowest BCUT2D eigenvalue weighted by molar-refractivity contribution is 0.0947. The summed E-state index contributed by atoms with van der Waals surface area (Å²) in [6, 6.07) is 11.3. The van der Waals surface area contributed by atoms with Gasteiger partial charge >= 0.3 is 6.03 Å². The number of nitrogens with zero attached hydrogens (tertiary/aromatic N) is 1. The van der Waals surface area contributed by atoms with Gasteiger partial charge in [-0.15, -0.1) is 0 Å². The molecular weight excluding hydrogens is 359 g/mol. The van der Waals surface area contributed by atoms with Crippen molar-refractivity contribution in [3.8, 4) is 0 Å². The van der Waals surface area contributed by atoms with Crippen molar-refractivity contribution < 1.29 is 14.0 Å². The molecule has 0 aliphatic carbocycles. The zero-order chi connectivity index (χ0) is 20.3. The second kappa shape index (κ2) is 8.39. The average Bonchev–Trinajstić information content (AvgIpc) is 3.12. The second-order valence-electron chi connectivity index (χ2n) is 7.19. The molecule has 2 aromatic carbocycles. The van der Waals surface area contributed by atoms with E-state index in [-0.39, 0.29) is 18.1 Å². The van der Waals surface area contributed by atoms with E-state index in [4.69, 9.17) is 5.73 Å². The minimum atomic E-state index is -0.643. The van der Waals surface area contributed by atoms with Crippen molar-refractivity contribution >= 4 is 17.6 Å². The Balaban J connectivity index is 1.66. The first-order chi connectivity index (χ1) is 13.4. The van der Waals surface area contributed by atoms with Crippen LogP contribution in [0.3, 0.4) is 0 Å². The molecule has 4 N–H and O–H groups in total. The molecule has 1 heterocycles. The number of hydrogen-bond donors (Lipinski definition) is 3. The molecule has 6 nitrogen and oxygen atoms in total. The third-order valence-corrected chi connectivity index (χ3v) is 4.88. The Morgan fingerprint density at radius 3 is 2.50 bits per heavy atom. The number of carbonyl (C=O) groups excluding carboxylic acids is 2. The molecule has 0 radical (unpaired) electrons. The van der Waals surface area contributed by atoms with Crippen molar-refractivity contribution in [2.45, 2.75) is 25.8 Å². The summed E-state index contributed by atoms with van der Waals surface area (Å²) >= 11 is 0. The maximum absolute atomic E-state index is 14.2. The minimum Gasteiger partial charge on any atom is -0.350 e. The van der Waals surface area contributed by atoms with Gasteiger partial charge in [-0.3, -0.25) is 9.69 Å². The SMILES string of the molecule is CC(C)c1ccc([C@H](N)CNC(=O)c2cc(N3CCNC3=O)ccc2F)cc1. The van der Waals surface area contributed by atoms with E-state index in [9.17, 15) is 14.0 Å². The van der Waals surface area contributed by atoms with Gasteiger partial charge in [0, 0.05) is 31.4 Å². The van der Waals surface area contributed by atoms with E-state index < -0.39 is 17.8 Å². The van der Waals surface area contributed by atoms with Crippen LogP contribution < -0.4 is 21.3 Å². The summed E-state index contributed by atoms with van der Waals surface area (Å²) in [5.41, 5.74) is 8.64. The number of halogens is 1. The molecule has 1 atom stereocenters. The van der Waals surface area contributed by atoms with Gasteiger partial charge in [0.05, 0.1) is 5.56 Å². The highest BCUT2D eigenvalue weighted by Gasteiger charge is 2.23. The highest BCUT2D eigenvalue weighted by atomic mass is 19.1. The normalized spacial score (nSPS) is 14.9. The molecule has 0 unspecified atom stereocenters. The third kappa shape index (κ3) is 4.31. The first-order valence-corrected chi connectivity index (χ1v) is 9.35. The number of benzene rings is 2. The average molecular weight is 384 g/mol. The lowest BCUT2D eigenvalue weighted by Gasteiger charge is -2.17. The second-order valence-corrected chi connectivity index (χ2v) is 7.19. The summed E-state index contributed by atoms with van der Waals surface area (Å²) < 4.78 is 14.2. The maximum atomic E-state index is 14.2. The van der Waals surface area contributed by atoms with E-state index in [0.717, 1.165) is 5.56 Å². The number of carbonyl (C=O) groups is 2. The number of nitrogens with two attached hydrogens (primary N) is 1. The lowest BCUT2D eigenvalue weighted by atomic mass is 9.99. The Labute approximate surface area is 163 Å². The molecule has 3 rings (SSSR count). The van der Waals surface area contributed by atoms with Gasteiger partial charge in [0.15, 0.2) is 0 Å². The Morgan fingerprint density at radius 1 is 1.21 bits per heavy atom. The van der Waals surface area contributed by atoms with Gasteiger partial charge in [-0.1, -0.05) is 38.1 Å². The largest absolute Gasteiger partial charge is 0.350 e. The van der Waals surface area contributed by atoms with Crippen molar-refractivity contribution in [1.29, 1.82) is 0 Å². The van der Waals surface area contributed by atoms with E-state index >= 15 is 0 Å². The summed E-state index contributed by atoms with van der Waals surface area (Å²) in [6.07, 6.45) is 0. The highest BCUT2D eigenvalue weighted by molar-refractivity contribution is 5.98. The molecule has 0 saturated carbocycles. The van der Waals surface area contributed by atoms with Crippen molar-refractivity contribution in [2.24, 2.45) is 5.73 Å². The maximum Gasteiger partial charge on any atom is 0.321 e. The van der Waals surface area contributed by atoms with Crippen molar-refractivity contribution in [2.75, 3.05) is 24.5 Å². The van der Waals surface area contributed by atoms with Gasteiger partial charge in [-0.05, 0) is 35.2 Å². The van der Waals surface area contributed by atoms with Gasteiger partial charge in [0.2, 0.25) is 0 Å². The monoisotopic (exact) mass is 384 g/mol. The molecule has 28 heavy (non-hydrogen) atoms. The summed E-state index contributed by atoms with van der Waals surface area (Å²) in [5, 5.41) is 5.36. The van der Waals surface area contributed by atoms with Crippen LogP contribution in [-0.4, -0.2) is 31.6 Å². The van der Waals surface area contributed by atoms with Crippen molar-refractivity contribution in [3.63, 3.8) is 0 Å². The predicted octanol–water partition coefficient (Wildman–Crippen LogP) is 2.91. The summed E-state index contributed by atoms with van der Waals surface area (Å²) in [7, 11) is 0. The van der Waals surface area contributed by atoms with Crippen molar-refractivity contribution in [1.82, 2.24) is 10.6 Å². The van der Waals surface area contributed by atoms with Crippen LogP contribution in [0.2, 0.25) is 0 Å². The van der Waals surface area contributed by atoms with Crippen LogP contribution >= 0.6 is 0 Å². The van der Waals surface area contributed by atoms with Crippen molar-refractivity contribution in [3.05, 3.63) is 65.0 Å². The van der Waals surface area contributed by atoms with E-state index in [0.29, 0.717) is 24.7 Å². The van der Waals surface area contributed by atoms with Crippen LogP contribution in [0.25, 0.3) is 0 Å². The number of hydrogen-bond acceptors (Lipinski definition) is 3. The molecule has 0 spiro atoms.